The highest BCUT2D eigenvalue weighted by Crippen LogP contribution is 2.41. The summed E-state index contributed by atoms with van der Waals surface area (Å²) >= 11 is 0. The third kappa shape index (κ3) is 1.70. The molecule has 5 nitrogen and oxygen atoms in total. The predicted molar refractivity (Wildman–Crippen MR) is 84.7 cm³/mol. The van der Waals surface area contributed by atoms with Crippen molar-refractivity contribution in [2.75, 3.05) is 13.6 Å². The van der Waals surface area contributed by atoms with Gasteiger partial charge in [0, 0.05) is 5.39 Å². The van der Waals surface area contributed by atoms with Gasteiger partial charge in [-0.15, -0.1) is 0 Å². The molecule has 0 radical (unpaired) electrons. The van der Waals surface area contributed by atoms with Crippen molar-refractivity contribution in [1.29, 1.82) is 0 Å². The van der Waals surface area contributed by atoms with Crippen LogP contribution in [0.5, 0.6) is 23.0 Å². The quantitative estimate of drug-likeness (QED) is 0.638. The summed E-state index contributed by atoms with van der Waals surface area (Å²) in [6, 6.07) is 9.12. The van der Waals surface area contributed by atoms with Crippen LogP contribution in [0.25, 0.3) is 21.5 Å². The second kappa shape index (κ2) is 4.29. The van der Waals surface area contributed by atoms with Crippen LogP contribution < -0.4 is 24.4 Å². The minimum absolute atomic E-state index is 0.0472. The number of aryl methyl sites for hydroxylation is 1. The molecular weight excluding hydrogens is 296 g/mol. The summed E-state index contributed by atoms with van der Waals surface area (Å²) in [6.45, 7) is 2.31. The maximum absolute atomic E-state index is 12.6. The molecule has 2 aliphatic rings. The van der Waals surface area contributed by atoms with Gasteiger partial charge >= 0.3 is 0 Å². The first-order valence-corrected chi connectivity index (χ1v) is 7.31. The van der Waals surface area contributed by atoms with Crippen molar-refractivity contribution in [3.63, 3.8) is 0 Å². The minimum atomic E-state index is -0.0472. The first-order chi connectivity index (χ1) is 11.2. The Labute approximate surface area is 131 Å². The summed E-state index contributed by atoms with van der Waals surface area (Å²) in [5.41, 5.74) is 0.843. The SMILES string of the molecule is Cc1cc(=O)c2cc3c(cc2c2cc4c(cc12)OCO4)OCO3. The van der Waals surface area contributed by atoms with Gasteiger partial charge in [0.2, 0.25) is 13.6 Å². The smallest absolute Gasteiger partial charge is 0.231 e. The summed E-state index contributed by atoms with van der Waals surface area (Å²) in [5.74, 6) is 2.65. The largest absolute Gasteiger partial charge is 0.454 e. The number of benzene rings is 2. The Balaban J connectivity index is 2.03. The number of hydrogen-bond acceptors (Lipinski definition) is 5. The monoisotopic (exact) mass is 308 g/mol. The molecule has 0 amide bonds. The summed E-state index contributed by atoms with van der Waals surface area (Å²) in [5, 5.41) is 3.31. The maximum atomic E-state index is 12.6. The number of rotatable bonds is 0. The van der Waals surface area contributed by atoms with Crippen LogP contribution in [0.1, 0.15) is 5.56 Å². The average molecular weight is 308 g/mol. The molecule has 2 heterocycles. The Kier molecular flexibility index (Phi) is 2.34. The van der Waals surface area contributed by atoms with Crippen molar-refractivity contribution in [1.82, 2.24) is 0 Å². The van der Waals surface area contributed by atoms with E-state index < -0.39 is 0 Å². The fraction of sp³-hybridized carbons (Fsp3) is 0.167. The minimum Gasteiger partial charge on any atom is -0.454 e. The van der Waals surface area contributed by atoms with Crippen LogP contribution in [0.2, 0.25) is 0 Å². The molecule has 0 bridgehead atoms. The molecule has 23 heavy (non-hydrogen) atoms. The molecule has 0 saturated heterocycles. The lowest BCUT2D eigenvalue weighted by molar-refractivity contribution is 0.173. The molecule has 0 aliphatic carbocycles. The van der Waals surface area contributed by atoms with E-state index in [2.05, 4.69) is 0 Å². The van der Waals surface area contributed by atoms with Gasteiger partial charge in [-0.1, -0.05) is 0 Å². The molecule has 0 unspecified atom stereocenters. The lowest BCUT2D eigenvalue weighted by atomic mass is 10.0. The van der Waals surface area contributed by atoms with Gasteiger partial charge in [0.15, 0.2) is 28.4 Å². The second-order valence-electron chi connectivity index (χ2n) is 5.69. The zero-order valence-corrected chi connectivity index (χ0v) is 12.3. The highest BCUT2D eigenvalue weighted by molar-refractivity contribution is 6.09. The molecule has 5 rings (SSSR count). The Bertz CT molecular complexity index is 1050. The van der Waals surface area contributed by atoms with Crippen molar-refractivity contribution >= 4 is 21.5 Å². The van der Waals surface area contributed by atoms with E-state index in [9.17, 15) is 4.79 Å². The van der Waals surface area contributed by atoms with Crippen molar-refractivity contribution < 1.29 is 18.9 Å². The molecule has 0 atom stereocenters. The molecule has 0 fully saturated rings. The topological polar surface area (TPSA) is 54.0 Å². The van der Waals surface area contributed by atoms with Crippen molar-refractivity contribution in [2.24, 2.45) is 0 Å². The Morgan fingerprint density at radius 3 is 1.65 bits per heavy atom. The standard InChI is InChI=1S/C18H12O5/c1-9-2-14(19)13-6-18-17(22-8-23-18)5-12(13)11-4-16-15(3-10(9)11)20-7-21-16/h2-6H,7-8H2,1H3. The third-order valence-corrected chi connectivity index (χ3v) is 4.35. The van der Waals surface area contributed by atoms with Crippen molar-refractivity contribution in [3.8, 4) is 23.0 Å². The second-order valence-corrected chi connectivity index (χ2v) is 5.69. The van der Waals surface area contributed by atoms with E-state index >= 15 is 0 Å². The zero-order chi connectivity index (χ0) is 15.6. The molecule has 5 heteroatoms. The van der Waals surface area contributed by atoms with Crippen molar-refractivity contribution in [3.05, 3.63) is 46.1 Å². The van der Waals surface area contributed by atoms with Gasteiger partial charge in [-0.2, -0.15) is 0 Å². The van der Waals surface area contributed by atoms with Gasteiger partial charge in [-0.3, -0.25) is 4.79 Å². The van der Waals surface area contributed by atoms with Crippen LogP contribution in [-0.2, 0) is 0 Å². The van der Waals surface area contributed by atoms with Crippen LogP contribution in [0.15, 0.2) is 35.1 Å². The predicted octanol–water partition coefficient (Wildman–Crippen LogP) is 3.12. The van der Waals surface area contributed by atoms with Gasteiger partial charge in [-0.05, 0) is 59.0 Å². The van der Waals surface area contributed by atoms with Crippen LogP contribution in [0.4, 0.5) is 0 Å². The van der Waals surface area contributed by atoms with E-state index in [1.54, 1.807) is 12.1 Å². The lowest BCUT2D eigenvalue weighted by Crippen LogP contribution is -1.96. The molecule has 0 N–H and O–H groups in total. The van der Waals surface area contributed by atoms with E-state index in [4.69, 9.17) is 18.9 Å². The number of fused-ring (bicyclic) bond motifs is 5. The van der Waals surface area contributed by atoms with E-state index in [1.807, 2.05) is 25.1 Å². The first-order valence-electron chi connectivity index (χ1n) is 7.31. The summed E-state index contributed by atoms with van der Waals surface area (Å²) in [7, 11) is 0. The molecule has 3 aromatic carbocycles. The molecule has 0 spiro atoms. The van der Waals surface area contributed by atoms with Gasteiger partial charge in [0.1, 0.15) is 0 Å². The number of hydrogen-bond donors (Lipinski definition) is 0. The van der Waals surface area contributed by atoms with Crippen LogP contribution in [0, 0.1) is 6.92 Å². The number of ether oxygens (including phenoxy) is 4. The van der Waals surface area contributed by atoms with Crippen LogP contribution in [0.3, 0.4) is 0 Å². The highest BCUT2D eigenvalue weighted by atomic mass is 16.7. The zero-order valence-electron chi connectivity index (χ0n) is 12.3. The van der Waals surface area contributed by atoms with Crippen LogP contribution >= 0.6 is 0 Å². The summed E-state index contributed by atoms with van der Waals surface area (Å²) in [4.78, 5) is 12.6. The fourth-order valence-corrected chi connectivity index (χ4v) is 3.21. The normalized spacial score (nSPS) is 14.7. The van der Waals surface area contributed by atoms with E-state index in [0.717, 1.165) is 21.7 Å². The van der Waals surface area contributed by atoms with E-state index in [1.165, 1.54) is 0 Å². The first kappa shape index (κ1) is 12.6. The molecular formula is C18H12O5. The Morgan fingerprint density at radius 2 is 1.09 bits per heavy atom. The van der Waals surface area contributed by atoms with E-state index in [0.29, 0.717) is 28.4 Å². The molecule has 114 valence electrons. The third-order valence-electron chi connectivity index (χ3n) is 4.35. The van der Waals surface area contributed by atoms with Crippen LogP contribution in [-0.4, -0.2) is 13.6 Å². The van der Waals surface area contributed by atoms with Gasteiger partial charge < -0.3 is 18.9 Å². The average Bonchev–Trinajstić information content (AvgIpc) is 3.17. The summed E-state index contributed by atoms with van der Waals surface area (Å²) in [6.07, 6.45) is 0. The summed E-state index contributed by atoms with van der Waals surface area (Å²) < 4.78 is 21.8. The molecule has 0 saturated carbocycles. The van der Waals surface area contributed by atoms with Gasteiger partial charge in [0.25, 0.3) is 0 Å². The lowest BCUT2D eigenvalue weighted by Gasteiger charge is -2.03. The maximum Gasteiger partial charge on any atom is 0.231 e. The van der Waals surface area contributed by atoms with Gasteiger partial charge in [-0.25, -0.2) is 0 Å². The van der Waals surface area contributed by atoms with Gasteiger partial charge in [0.05, 0.1) is 0 Å². The molecule has 2 aliphatic heterocycles. The fourth-order valence-electron chi connectivity index (χ4n) is 3.21. The Hall–Kier alpha value is -2.95. The van der Waals surface area contributed by atoms with E-state index in [-0.39, 0.29) is 19.0 Å². The molecule has 3 aromatic rings. The van der Waals surface area contributed by atoms with Crippen molar-refractivity contribution in [2.45, 2.75) is 6.92 Å². The molecule has 0 aromatic heterocycles. The highest BCUT2D eigenvalue weighted by Gasteiger charge is 2.19. The Morgan fingerprint density at radius 1 is 0.652 bits per heavy atom.